The Morgan fingerprint density at radius 2 is 1.67 bits per heavy atom. The predicted octanol–water partition coefficient (Wildman–Crippen LogP) is 6.83. The minimum atomic E-state index is -0.372. The van der Waals surface area contributed by atoms with Crippen molar-refractivity contribution in [3.8, 4) is 11.4 Å². The van der Waals surface area contributed by atoms with E-state index in [1.54, 1.807) is 0 Å². The average Bonchev–Trinajstić information content (AvgIpc) is 3.67. The molecule has 0 bridgehead atoms. The minimum Gasteiger partial charge on any atom is -0.456 e. The quantitative estimate of drug-likeness (QED) is 0.240. The maximum Gasteiger partial charge on any atom is 0.407 e. The van der Waals surface area contributed by atoms with Gasteiger partial charge in [-0.25, -0.2) is 9.78 Å². The van der Waals surface area contributed by atoms with Gasteiger partial charge in [-0.2, -0.15) is 0 Å². The molecular formula is C34H36N4O4. The zero-order valence-corrected chi connectivity index (χ0v) is 23.9. The van der Waals surface area contributed by atoms with Crippen molar-refractivity contribution in [1.82, 2.24) is 19.9 Å². The van der Waals surface area contributed by atoms with Gasteiger partial charge in [-0.3, -0.25) is 9.55 Å². The van der Waals surface area contributed by atoms with Crippen LogP contribution in [0.4, 0.5) is 4.79 Å². The number of alkyl carbamates (subject to hydrolysis) is 1. The summed E-state index contributed by atoms with van der Waals surface area (Å²) in [4.78, 5) is 22.0. The lowest BCUT2D eigenvalue weighted by Crippen LogP contribution is -2.31. The molecule has 4 aromatic rings. The van der Waals surface area contributed by atoms with E-state index in [0.717, 1.165) is 65.5 Å². The van der Waals surface area contributed by atoms with Crippen molar-refractivity contribution in [1.29, 1.82) is 0 Å². The van der Waals surface area contributed by atoms with Crippen LogP contribution in [0, 0.1) is 12.8 Å². The highest BCUT2D eigenvalue weighted by molar-refractivity contribution is 5.67. The van der Waals surface area contributed by atoms with E-state index < -0.39 is 0 Å². The molecule has 8 heteroatoms. The number of amides is 1. The molecule has 3 heterocycles. The summed E-state index contributed by atoms with van der Waals surface area (Å²) in [5.41, 5.74) is 4.82. The Hall–Kier alpha value is -4.59. The van der Waals surface area contributed by atoms with Crippen LogP contribution in [0.2, 0.25) is 0 Å². The number of benzene rings is 2. The lowest BCUT2D eigenvalue weighted by atomic mass is 9.81. The Kier molecular flexibility index (Phi) is 8.49. The Bertz CT molecular complexity index is 1530. The molecule has 2 aliphatic rings. The van der Waals surface area contributed by atoms with Crippen LogP contribution in [0.5, 0.6) is 0 Å². The van der Waals surface area contributed by atoms with Crippen molar-refractivity contribution in [2.75, 3.05) is 13.3 Å². The maximum absolute atomic E-state index is 12.3. The van der Waals surface area contributed by atoms with Gasteiger partial charge in [0.05, 0.1) is 17.6 Å². The van der Waals surface area contributed by atoms with Gasteiger partial charge in [-0.1, -0.05) is 66.7 Å². The molecule has 2 aromatic heterocycles. The van der Waals surface area contributed by atoms with E-state index in [4.69, 9.17) is 24.2 Å². The first-order chi connectivity index (χ1) is 20.6. The Balaban J connectivity index is 1.17. The third-order valence-corrected chi connectivity index (χ3v) is 7.98. The van der Waals surface area contributed by atoms with Crippen LogP contribution in [0.1, 0.15) is 54.2 Å². The number of hydrogen-bond acceptors (Lipinski definition) is 6. The Morgan fingerprint density at radius 1 is 0.929 bits per heavy atom. The van der Waals surface area contributed by atoms with E-state index in [9.17, 15) is 4.79 Å². The van der Waals surface area contributed by atoms with Crippen molar-refractivity contribution in [3.05, 3.63) is 113 Å². The third kappa shape index (κ3) is 6.48. The van der Waals surface area contributed by atoms with Gasteiger partial charge in [0, 0.05) is 24.6 Å². The summed E-state index contributed by atoms with van der Waals surface area (Å²) in [5, 5.41) is 2.96. The molecule has 0 saturated heterocycles. The SMILES string of the molecule is Cc1cccc(-c2cnc(C3CCC(CNC(=O)OCc4ccccc4)CC3)n2C2=C(Cc3ccccc3)OCO2)n1. The van der Waals surface area contributed by atoms with Gasteiger partial charge in [0.15, 0.2) is 5.76 Å². The van der Waals surface area contributed by atoms with Crippen LogP contribution >= 0.6 is 0 Å². The summed E-state index contributed by atoms with van der Waals surface area (Å²) in [7, 11) is 0. The van der Waals surface area contributed by atoms with Crippen LogP contribution in [0.3, 0.4) is 0 Å². The molecular weight excluding hydrogens is 528 g/mol. The molecule has 1 N–H and O–H groups in total. The largest absolute Gasteiger partial charge is 0.456 e. The summed E-state index contributed by atoms with van der Waals surface area (Å²) in [6.07, 6.45) is 6.07. The third-order valence-electron chi connectivity index (χ3n) is 7.98. The molecule has 0 spiro atoms. The number of hydrogen-bond donors (Lipinski definition) is 1. The van der Waals surface area contributed by atoms with Crippen LogP contribution < -0.4 is 5.32 Å². The fourth-order valence-corrected chi connectivity index (χ4v) is 5.76. The van der Waals surface area contributed by atoms with E-state index in [0.29, 0.717) is 24.8 Å². The summed E-state index contributed by atoms with van der Waals surface area (Å²) < 4.78 is 19.7. The normalized spacial score (nSPS) is 18.3. The average molecular weight is 565 g/mol. The van der Waals surface area contributed by atoms with Gasteiger partial charge in [0.1, 0.15) is 12.4 Å². The second-order valence-corrected chi connectivity index (χ2v) is 11.0. The maximum atomic E-state index is 12.3. The second-order valence-electron chi connectivity index (χ2n) is 11.0. The van der Waals surface area contributed by atoms with Gasteiger partial charge in [-0.15, -0.1) is 0 Å². The molecule has 2 aromatic carbocycles. The molecule has 1 aliphatic heterocycles. The lowest BCUT2D eigenvalue weighted by molar-refractivity contribution is 0.0821. The van der Waals surface area contributed by atoms with Crippen LogP contribution in [-0.2, 0) is 27.2 Å². The molecule has 1 aliphatic carbocycles. The first kappa shape index (κ1) is 27.6. The van der Waals surface area contributed by atoms with E-state index in [-0.39, 0.29) is 25.4 Å². The first-order valence-electron chi connectivity index (χ1n) is 14.6. The Labute approximate surface area is 246 Å². The summed E-state index contributed by atoms with van der Waals surface area (Å²) in [5.74, 6) is 3.09. The van der Waals surface area contributed by atoms with Crippen molar-refractivity contribution in [2.24, 2.45) is 5.92 Å². The van der Waals surface area contributed by atoms with Crippen LogP contribution in [0.15, 0.2) is 90.8 Å². The summed E-state index contributed by atoms with van der Waals surface area (Å²) in [6.45, 7) is 3.05. The molecule has 0 radical (unpaired) electrons. The number of aromatic nitrogens is 3. The monoisotopic (exact) mass is 564 g/mol. The predicted molar refractivity (Wildman–Crippen MR) is 160 cm³/mol. The van der Waals surface area contributed by atoms with E-state index >= 15 is 0 Å². The van der Waals surface area contributed by atoms with Gasteiger partial charge in [0.25, 0.3) is 0 Å². The number of ether oxygens (including phenoxy) is 3. The summed E-state index contributed by atoms with van der Waals surface area (Å²) >= 11 is 0. The van der Waals surface area contributed by atoms with E-state index in [2.05, 4.69) is 22.0 Å². The van der Waals surface area contributed by atoms with Gasteiger partial charge in [0.2, 0.25) is 12.7 Å². The highest BCUT2D eigenvalue weighted by Gasteiger charge is 2.31. The number of allylic oxidation sites excluding steroid dienone is 1. The van der Waals surface area contributed by atoms with Crippen LogP contribution in [-0.4, -0.2) is 34.0 Å². The number of carbonyl (C=O) groups excluding carboxylic acids is 1. The van der Waals surface area contributed by atoms with Crippen LogP contribution in [0.25, 0.3) is 17.3 Å². The number of nitrogens with zero attached hydrogens (tertiary/aromatic N) is 3. The van der Waals surface area contributed by atoms with Crippen molar-refractivity contribution < 1.29 is 19.0 Å². The lowest BCUT2D eigenvalue weighted by Gasteiger charge is -2.28. The zero-order chi connectivity index (χ0) is 28.7. The topological polar surface area (TPSA) is 87.5 Å². The van der Waals surface area contributed by atoms with Gasteiger partial charge < -0.3 is 19.5 Å². The van der Waals surface area contributed by atoms with Gasteiger partial charge in [-0.05, 0) is 61.8 Å². The minimum absolute atomic E-state index is 0.175. The molecule has 216 valence electrons. The highest BCUT2D eigenvalue weighted by Crippen LogP contribution is 2.39. The number of nitrogens with one attached hydrogen (secondary N) is 1. The molecule has 0 atom stereocenters. The van der Waals surface area contributed by atoms with Gasteiger partial charge >= 0.3 is 6.09 Å². The molecule has 42 heavy (non-hydrogen) atoms. The standard InChI is InChI=1S/C34H36N4O4/c1-24-9-8-14-29(37-24)30-21-35-32(38(30)33-31(41-23-42-33)19-25-10-4-2-5-11-25)28-17-15-26(16-18-28)20-36-34(39)40-22-27-12-6-3-7-13-27/h2-14,21,26,28H,15-20,22-23H2,1H3,(H,36,39). The van der Waals surface area contributed by atoms with Crippen molar-refractivity contribution in [3.63, 3.8) is 0 Å². The molecule has 0 unspecified atom stereocenters. The Morgan fingerprint density at radius 3 is 2.40 bits per heavy atom. The molecule has 8 nitrogen and oxygen atoms in total. The smallest absolute Gasteiger partial charge is 0.407 e. The van der Waals surface area contributed by atoms with E-state index in [1.807, 2.05) is 79.9 Å². The van der Waals surface area contributed by atoms with Crippen molar-refractivity contribution >= 4 is 12.0 Å². The van der Waals surface area contributed by atoms with E-state index in [1.165, 1.54) is 0 Å². The molecule has 6 rings (SSSR count). The fourth-order valence-electron chi connectivity index (χ4n) is 5.76. The molecule has 1 amide bonds. The number of imidazole rings is 1. The molecule has 1 saturated carbocycles. The fraction of sp³-hybridized carbons (Fsp3) is 0.324. The summed E-state index contributed by atoms with van der Waals surface area (Å²) in [6, 6.07) is 26.0. The number of rotatable bonds is 9. The zero-order valence-electron chi connectivity index (χ0n) is 23.9. The number of aryl methyl sites for hydroxylation is 1. The molecule has 1 fully saturated rings. The highest BCUT2D eigenvalue weighted by atomic mass is 16.7. The second kappa shape index (κ2) is 12.9. The number of carbonyl (C=O) groups is 1. The number of pyridine rings is 1. The first-order valence-corrected chi connectivity index (χ1v) is 14.6. The van der Waals surface area contributed by atoms with Crippen molar-refractivity contribution in [2.45, 2.75) is 51.6 Å².